The monoisotopic (exact) mass is 541 g/mol. The van der Waals surface area contributed by atoms with Crippen LogP contribution in [0.2, 0.25) is 0 Å². The zero-order valence-electron chi connectivity index (χ0n) is 22.2. The molecule has 39 heavy (non-hydrogen) atoms. The smallest absolute Gasteiger partial charge is 0.397 e. The Kier molecular flexibility index (Phi) is 7.68. The molecule has 0 saturated carbocycles. The molecule has 0 aliphatic carbocycles. The lowest BCUT2D eigenvalue weighted by Gasteiger charge is -2.19. The Bertz CT molecular complexity index is 1460. The minimum absolute atomic E-state index is 0.0125. The van der Waals surface area contributed by atoms with Crippen LogP contribution >= 0.6 is 0 Å². The normalized spacial score (nSPS) is 15.2. The van der Waals surface area contributed by atoms with Crippen molar-refractivity contribution in [2.75, 3.05) is 23.9 Å². The van der Waals surface area contributed by atoms with Gasteiger partial charge in [0.25, 0.3) is 5.91 Å². The standard InChI is InChI=1S/C27H31F3N8O/c1-16-7-8-18(10-24(16)38(32)15-23(31)22-14-33-37(4)17(22)2)26(39)35-21-12-19(27(28,29)30)11-20(13-21)34-25-6-5-9-36(25)3/h7-8,10-15H,5-6,9,31-32H2,1-4H3,(H,35,39)/p+1. The molecule has 9 nitrogen and oxygen atoms in total. The van der Waals surface area contributed by atoms with Crippen molar-refractivity contribution in [3.8, 4) is 0 Å². The van der Waals surface area contributed by atoms with Gasteiger partial charge < -0.3 is 16.0 Å². The number of carbonyl (C=O) groups excluding carboxylic acids is 1. The number of nitrogens with two attached hydrogens (primary N) is 2. The van der Waals surface area contributed by atoms with E-state index in [0.29, 0.717) is 23.6 Å². The number of hydrogen-bond donors (Lipinski definition) is 4. The number of amidine groups is 1. The summed E-state index contributed by atoms with van der Waals surface area (Å²) in [5, 5.41) is 6.92. The Morgan fingerprint density at radius 2 is 1.97 bits per heavy atom. The second-order valence-corrected chi connectivity index (χ2v) is 9.60. The maximum absolute atomic E-state index is 13.6. The van der Waals surface area contributed by atoms with Crippen LogP contribution in [0.25, 0.3) is 5.70 Å². The van der Waals surface area contributed by atoms with Crippen molar-refractivity contribution in [3.63, 3.8) is 0 Å². The van der Waals surface area contributed by atoms with Gasteiger partial charge in [-0.05, 0) is 49.2 Å². The summed E-state index contributed by atoms with van der Waals surface area (Å²) in [5.41, 5.74) is 9.04. The fraction of sp³-hybridized carbons (Fsp3) is 0.296. The van der Waals surface area contributed by atoms with Gasteiger partial charge in [0, 0.05) is 44.4 Å². The van der Waals surface area contributed by atoms with Gasteiger partial charge in [0.1, 0.15) is 5.84 Å². The van der Waals surface area contributed by atoms with E-state index in [-0.39, 0.29) is 16.9 Å². The summed E-state index contributed by atoms with van der Waals surface area (Å²) < 4.78 is 42.7. The summed E-state index contributed by atoms with van der Waals surface area (Å²) in [5.74, 6) is 6.38. The number of carbonyl (C=O) groups is 1. The molecule has 2 aromatic carbocycles. The Hall–Kier alpha value is -4.32. The Labute approximate surface area is 224 Å². The minimum Gasteiger partial charge on any atom is -0.397 e. The summed E-state index contributed by atoms with van der Waals surface area (Å²) in [6.45, 7) is 4.51. The zero-order valence-corrected chi connectivity index (χ0v) is 22.2. The number of aromatic nitrogens is 2. The topological polar surface area (TPSA) is 120 Å². The summed E-state index contributed by atoms with van der Waals surface area (Å²) in [6, 6.07) is 8.14. The van der Waals surface area contributed by atoms with Crippen molar-refractivity contribution in [1.82, 2.24) is 10.00 Å². The van der Waals surface area contributed by atoms with Crippen molar-refractivity contribution in [2.24, 2.45) is 23.6 Å². The van der Waals surface area contributed by atoms with Crippen LogP contribution < -0.4 is 26.6 Å². The van der Waals surface area contributed by atoms with E-state index in [4.69, 9.17) is 11.6 Å². The van der Waals surface area contributed by atoms with Crippen LogP contribution in [-0.4, -0.2) is 35.3 Å². The van der Waals surface area contributed by atoms with Gasteiger partial charge in [-0.2, -0.15) is 18.3 Å². The highest BCUT2D eigenvalue weighted by Crippen LogP contribution is 2.35. The van der Waals surface area contributed by atoms with Gasteiger partial charge in [0.15, 0.2) is 7.05 Å². The lowest BCUT2D eigenvalue weighted by Crippen LogP contribution is -2.33. The molecule has 0 atom stereocenters. The molecule has 12 heteroatoms. The van der Waals surface area contributed by atoms with E-state index in [9.17, 15) is 18.0 Å². The summed E-state index contributed by atoms with van der Waals surface area (Å²) in [6.07, 6.45) is 0.256. The first kappa shape index (κ1) is 27.7. The molecule has 0 unspecified atom stereocenters. The summed E-state index contributed by atoms with van der Waals surface area (Å²) in [7, 11) is 3.70. The van der Waals surface area contributed by atoms with E-state index < -0.39 is 17.6 Å². The number of alkyl halides is 3. The molecule has 3 aromatic rings. The SMILES string of the molecule is Cc1ccc(C(=O)Nc2cc(N=C3CCCN3C)cc(C(F)(F)F)c2)cc1N(N)C=C(N)c1c[nH][n+](C)c1C. The Morgan fingerprint density at radius 1 is 1.23 bits per heavy atom. The highest BCUT2D eigenvalue weighted by atomic mass is 19.4. The van der Waals surface area contributed by atoms with E-state index in [2.05, 4.69) is 15.4 Å². The first-order valence-corrected chi connectivity index (χ1v) is 12.3. The molecule has 1 aliphatic rings. The number of aliphatic imine (C=N–C) groups is 1. The largest absolute Gasteiger partial charge is 0.416 e. The van der Waals surface area contributed by atoms with Gasteiger partial charge >= 0.3 is 6.18 Å². The van der Waals surface area contributed by atoms with Crippen LogP contribution in [0.5, 0.6) is 0 Å². The van der Waals surface area contributed by atoms with E-state index in [0.717, 1.165) is 41.9 Å². The predicted octanol–water partition coefficient (Wildman–Crippen LogP) is 4.12. The molecule has 1 amide bonds. The highest BCUT2D eigenvalue weighted by Gasteiger charge is 2.31. The first-order chi connectivity index (χ1) is 18.3. The predicted molar refractivity (Wildman–Crippen MR) is 145 cm³/mol. The maximum atomic E-state index is 13.6. The number of benzene rings is 2. The third-order valence-electron chi connectivity index (χ3n) is 6.73. The van der Waals surface area contributed by atoms with Crippen LogP contribution in [0.15, 0.2) is 53.8 Å². The second kappa shape index (κ2) is 10.8. The quantitative estimate of drug-likeness (QED) is 0.213. The highest BCUT2D eigenvalue weighted by molar-refractivity contribution is 6.05. The summed E-state index contributed by atoms with van der Waals surface area (Å²) >= 11 is 0. The Morgan fingerprint density at radius 3 is 2.59 bits per heavy atom. The van der Waals surface area contributed by atoms with Crippen LogP contribution in [0.4, 0.5) is 30.2 Å². The zero-order chi connectivity index (χ0) is 28.5. The number of nitrogens with one attached hydrogen (secondary N) is 2. The molecular formula is C27H32F3N8O+. The van der Waals surface area contributed by atoms with E-state index in [1.165, 1.54) is 11.1 Å². The van der Waals surface area contributed by atoms with E-state index in [1.54, 1.807) is 30.6 Å². The van der Waals surface area contributed by atoms with Gasteiger partial charge in [-0.3, -0.25) is 9.80 Å². The molecule has 1 fully saturated rings. The molecule has 1 aromatic heterocycles. The molecular weight excluding hydrogens is 509 g/mol. The molecule has 6 N–H and O–H groups in total. The maximum Gasteiger partial charge on any atom is 0.416 e. The molecule has 1 aliphatic heterocycles. The van der Waals surface area contributed by atoms with Gasteiger partial charge in [-0.1, -0.05) is 6.07 Å². The molecule has 0 bridgehead atoms. The number of hydrogen-bond acceptors (Lipinski definition) is 5. The number of aryl methyl sites for hydroxylation is 2. The fourth-order valence-corrected chi connectivity index (χ4v) is 4.35. The van der Waals surface area contributed by atoms with E-state index in [1.807, 2.05) is 37.5 Å². The molecule has 0 spiro atoms. The molecule has 4 rings (SSSR count). The van der Waals surface area contributed by atoms with Crippen molar-refractivity contribution in [2.45, 2.75) is 32.9 Å². The van der Waals surface area contributed by atoms with Crippen molar-refractivity contribution < 1.29 is 22.6 Å². The average molecular weight is 542 g/mol. The fourth-order valence-electron chi connectivity index (χ4n) is 4.35. The van der Waals surface area contributed by atoms with Crippen molar-refractivity contribution in [3.05, 3.63) is 76.7 Å². The van der Waals surface area contributed by atoms with Crippen LogP contribution in [0.1, 0.15) is 45.6 Å². The molecule has 206 valence electrons. The number of nitrogens with zero attached hydrogens (tertiary/aromatic N) is 4. The van der Waals surface area contributed by atoms with E-state index >= 15 is 0 Å². The number of amides is 1. The molecule has 0 radical (unpaired) electrons. The minimum atomic E-state index is -4.60. The number of halogens is 3. The lowest BCUT2D eigenvalue weighted by molar-refractivity contribution is -0.732. The van der Waals surface area contributed by atoms with Crippen LogP contribution in [-0.2, 0) is 13.2 Å². The number of hydrazine groups is 1. The molecule has 2 heterocycles. The number of anilines is 2. The number of rotatable bonds is 6. The summed E-state index contributed by atoms with van der Waals surface area (Å²) in [4.78, 5) is 19.4. The van der Waals surface area contributed by atoms with Crippen molar-refractivity contribution >= 4 is 34.5 Å². The average Bonchev–Trinajstić information content (AvgIpc) is 3.42. The van der Waals surface area contributed by atoms with Crippen LogP contribution in [0, 0.1) is 13.8 Å². The number of aromatic amines is 1. The van der Waals surface area contributed by atoms with Gasteiger partial charge in [-0.25, -0.2) is 10.8 Å². The molecule has 1 saturated heterocycles. The number of H-pyrrole nitrogens is 1. The Balaban J connectivity index is 1.61. The van der Waals surface area contributed by atoms with Crippen LogP contribution in [0.3, 0.4) is 0 Å². The van der Waals surface area contributed by atoms with Crippen molar-refractivity contribution in [1.29, 1.82) is 0 Å². The van der Waals surface area contributed by atoms with Gasteiger partial charge in [0.2, 0.25) is 5.69 Å². The first-order valence-electron chi connectivity index (χ1n) is 12.3. The second-order valence-electron chi connectivity index (χ2n) is 9.60. The third kappa shape index (κ3) is 6.23. The third-order valence-corrected chi connectivity index (χ3v) is 6.73. The van der Waals surface area contributed by atoms with Gasteiger partial charge in [-0.15, -0.1) is 4.68 Å². The number of likely N-dealkylation sites (tertiary alicyclic amines) is 1. The van der Waals surface area contributed by atoms with Gasteiger partial charge in [0.05, 0.1) is 34.4 Å². The lowest BCUT2D eigenvalue weighted by atomic mass is 10.1.